The van der Waals surface area contributed by atoms with E-state index < -0.39 is 27.1 Å². The van der Waals surface area contributed by atoms with E-state index in [1.807, 2.05) is 40.5 Å². The standard InChI is InChI=1S/C26H28ClN5O5S2/c1-2-25-30-23-13-19(16-38(34)35)22(27)14-24(23)32(25)20-7-3-17(4-8-20)11-12-29-26(33)31-39(36,37)21-9-5-18(15-28)6-10-21/h3-10,13-14H,2,11-12,15-16,28H2,1H3,(H,34,35)(H2,29,31,33). The molecule has 0 saturated carbocycles. The Morgan fingerprint density at radius 2 is 1.77 bits per heavy atom. The number of urea groups is 1. The number of carbonyl (C=O) groups is 1. The zero-order valence-electron chi connectivity index (χ0n) is 21.1. The Labute approximate surface area is 233 Å². The summed E-state index contributed by atoms with van der Waals surface area (Å²) in [6.45, 7) is 2.51. The molecule has 206 valence electrons. The number of carbonyl (C=O) groups excluding carboxylic acids is 1. The molecule has 0 bridgehead atoms. The monoisotopic (exact) mass is 589 g/mol. The zero-order chi connectivity index (χ0) is 28.2. The molecule has 13 heteroatoms. The Hall–Kier alpha value is -3.29. The topological polar surface area (TPSA) is 156 Å². The Balaban J connectivity index is 1.41. The lowest BCUT2D eigenvalue weighted by Crippen LogP contribution is -2.40. The maximum atomic E-state index is 12.4. The number of benzene rings is 3. The second kappa shape index (κ2) is 12.3. The van der Waals surface area contributed by atoms with Crippen molar-refractivity contribution in [1.29, 1.82) is 0 Å². The van der Waals surface area contributed by atoms with Crippen LogP contribution in [0, 0.1) is 0 Å². The molecular formula is C26H28ClN5O5S2. The minimum Gasteiger partial charge on any atom is -0.337 e. The number of aryl methyl sites for hydroxylation is 1. The van der Waals surface area contributed by atoms with Crippen molar-refractivity contribution < 1.29 is 22.0 Å². The molecule has 4 aromatic rings. The Bertz CT molecular complexity index is 1620. The van der Waals surface area contributed by atoms with Crippen LogP contribution in [-0.2, 0) is 46.2 Å². The van der Waals surface area contributed by atoms with Crippen LogP contribution < -0.4 is 15.8 Å². The number of sulfonamides is 1. The molecule has 1 unspecified atom stereocenters. The average molecular weight is 590 g/mol. The molecule has 0 radical (unpaired) electrons. The minimum absolute atomic E-state index is 0.0233. The lowest BCUT2D eigenvalue weighted by atomic mass is 10.1. The van der Waals surface area contributed by atoms with Crippen LogP contribution in [0.1, 0.15) is 29.4 Å². The van der Waals surface area contributed by atoms with Gasteiger partial charge < -0.3 is 15.6 Å². The maximum Gasteiger partial charge on any atom is 0.328 e. The van der Waals surface area contributed by atoms with Crippen molar-refractivity contribution in [2.75, 3.05) is 6.54 Å². The SMILES string of the molecule is CCc1nc2cc(CS(=O)O)c(Cl)cc2n1-c1ccc(CCNC(=O)NS(=O)(=O)c2ccc(CN)cc2)cc1. The third kappa shape index (κ3) is 6.84. The second-order valence-electron chi connectivity index (χ2n) is 8.74. The second-order valence-corrected chi connectivity index (χ2v) is 11.8. The van der Waals surface area contributed by atoms with Gasteiger partial charge in [0.15, 0.2) is 11.1 Å². The van der Waals surface area contributed by atoms with E-state index in [0.717, 1.165) is 28.2 Å². The first kappa shape index (κ1) is 28.7. The van der Waals surface area contributed by atoms with Crippen LogP contribution in [0.4, 0.5) is 4.79 Å². The first-order valence-electron chi connectivity index (χ1n) is 12.1. The molecule has 5 N–H and O–H groups in total. The molecule has 0 spiro atoms. The molecular weight excluding hydrogens is 562 g/mol. The largest absolute Gasteiger partial charge is 0.337 e. The highest BCUT2D eigenvalue weighted by Gasteiger charge is 2.18. The van der Waals surface area contributed by atoms with Gasteiger partial charge in [-0.25, -0.2) is 27.1 Å². The molecule has 1 heterocycles. The lowest BCUT2D eigenvalue weighted by molar-refractivity contribution is 0.246. The summed E-state index contributed by atoms with van der Waals surface area (Å²) in [5, 5.41) is 2.96. The van der Waals surface area contributed by atoms with Crippen molar-refractivity contribution in [2.24, 2.45) is 5.73 Å². The van der Waals surface area contributed by atoms with Crippen molar-refractivity contribution in [3.8, 4) is 5.69 Å². The summed E-state index contributed by atoms with van der Waals surface area (Å²) in [5.41, 5.74) is 10.1. The number of nitrogens with one attached hydrogen (secondary N) is 2. The molecule has 2 amide bonds. The highest BCUT2D eigenvalue weighted by Crippen LogP contribution is 2.28. The molecule has 10 nitrogen and oxygen atoms in total. The molecule has 1 atom stereocenters. The van der Waals surface area contributed by atoms with E-state index in [4.69, 9.17) is 17.3 Å². The summed E-state index contributed by atoms with van der Waals surface area (Å²) in [4.78, 5) is 16.8. The van der Waals surface area contributed by atoms with Crippen LogP contribution in [-0.4, -0.2) is 39.3 Å². The summed E-state index contributed by atoms with van der Waals surface area (Å²) in [6.07, 6.45) is 1.15. The van der Waals surface area contributed by atoms with Gasteiger partial charge in [-0.2, -0.15) is 0 Å². The van der Waals surface area contributed by atoms with Crippen LogP contribution in [0.3, 0.4) is 0 Å². The van der Waals surface area contributed by atoms with Crippen molar-refractivity contribution in [1.82, 2.24) is 19.6 Å². The number of nitrogens with two attached hydrogens (primary N) is 1. The molecule has 39 heavy (non-hydrogen) atoms. The van der Waals surface area contributed by atoms with Gasteiger partial charge in [0.2, 0.25) is 0 Å². The highest BCUT2D eigenvalue weighted by molar-refractivity contribution is 7.90. The number of amides is 2. The summed E-state index contributed by atoms with van der Waals surface area (Å²) >= 11 is 4.37. The molecule has 0 aliphatic heterocycles. The van der Waals surface area contributed by atoms with Crippen LogP contribution in [0.5, 0.6) is 0 Å². The number of hydrogen-bond acceptors (Lipinski definition) is 6. The lowest BCUT2D eigenvalue weighted by Gasteiger charge is -2.11. The van der Waals surface area contributed by atoms with E-state index in [1.54, 1.807) is 24.3 Å². The van der Waals surface area contributed by atoms with Gasteiger partial charge in [-0.3, -0.25) is 4.57 Å². The first-order valence-corrected chi connectivity index (χ1v) is 15.2. The molecule has 0 fully saturated rings. The van der Waals surface area contributed by atoms with E-state index in [-0.39, 0.29) is 17.2 Å². The zero-order valence-corrected chi connectivity index (χ0v) is 23.4. The number of aromatic nitrogens is 2. The van der Waals surface area contributed by atoms with E-state index >= 15 is 0 Å². The number of fused-ring (bicyclic) bond motifs is 1. The Morgan fingerprint density at radius 1 is 1.10 bits per heavy atom. The Kier molecular flexibility index (Phi) is 9.03. The smallest absolute Gasteiger partial charge is 0.328 e. The maximum absolute atomic E-state index is 12.4. The molecule has 0 aliphatic carbocycles. The van der Waals surface area contributed by atoms with E-state index in [0.29, 0.717) is 35.5 Å². The molecule has 0 saturated heterocycles. The predicted octanol–water partition coefficient (Wildman–Crippen LogP) is 3.65. The van der Waals surface area contributed by atoms with Crippen molar-refractivity contribution >= 4 is 49.8 Å². The van der Waals surface area contributed by atoms with Crippen LogP contribution in [0.2, 0.25) is 5.02 Å². The van der Waals surface area contributed by atoms with Gasteiger partial charge in [-0.15, -0.1) is 0 Å². The minimum atomic E-state index is -4.00. The van der Waals surface area contributed by atoms with Crippen molar-refractivity contribution in [3.63, 3.8) is 0 Å². The molecule has 1 aromatic heterocycles. The summed E-state index contributed by atoms with van der Waals surface area (Å²) in [7, 11) is -4.00. The van der Waals surface area contributed by atoms with Gasteiger partial charge in [-0.05, 0) is 59.5 Å². The number of halogens is 1. The van der Waals surface area contributed by atoms with Gasteiger partial charge in [-0.1, -0.05) is 42.8 Å². The normalized spacial score (nSPS) is 12.4. The fourth-order valence-corrected chi connectivity index (χ4v) is 5.85. The average Bonchev–Trinajstić information content (AvgIpc) is 3.26. The van der Waals surface area contributed by atoms with Gasteiger partial charge in [0, 0.05) is 30.2 Å². The van der Waals surface area contributed by atoms with Crippen LogP contribution in [0.15, 0.2) is 65.6 Å². The quantitative estimate of drug-likeness (QED) is 0.206. The van der Waals surface area contributed by atoms with Crippen molar-refractivity contribution in [2.45, 2.75) is 37.0 Å². The number of rotatable bonds is 10. The summed E-state index contributed by atoms with van der Waals surface area (Å²) < 4.78 is 49.3. The number of hydrogen-bond donors (Lipinski definition) is 4. The van der Waals surface area contributed by atoms with Gasteiger partial charge in [0.25, 0.3) is 10.0 Å². The highest BCUT2D eigenvalue weighted by atomic mass is 35.5. The van der Waals surface area contributed by atoms with E-state index in [1.165, 1.54) is 12.1 Å². The van der Waals surface area contributed by atoms with Crippen LogP contribution >= 0.6 is 11.6 Å². The number of imidazole rings is 1. The fraction of sp³-hybridized carbons (Fsp3) is 0.231. The Morgan fingerprint density at radius 3 is 2.38 bits per heavy atom. The first-order chi connectivity index (χ1) is 18.6. The van der Waals surface area contributed by atoms with Crippen LogP contribution in [0.25, 0.3) is 16.7 Å². The molecule has 3 aromatic carbocycles. The van der Waals surface area contributed by atoms with Gasteiger partial charge in [0.1, 0.15) is 5.82 Å². The van der Waals surface area contributed by atoms with Crippen molar-refractivity contribution in [3.05, 3.63) is 88.2 Å². The predicted molar refractivity (Wildman–Crippen MR) is 152 cm³/mol. The van der Waals surface area contributed by atoms with Gasteiger partial charge in [0.05, 0.1) is 21.7 Å². The summed E-state index contributed by atoms with van der Waals surface area (Å²) in [6, 6.07) is 16.4. The van der Waals surface area contributed by atoms with E-state index in [2.05, 4.69) is 10.3 Å². The fourth-order valence-electron chi connectivity index (χ4n) is 4.11. The van der Waals surface area contributed by atoms with E-state index in [9.17, 15) is 22.0 Å². The number of nitrogens with zero attached hydrogens (tertiary/aromatic N) is 2. The third-order valence-corrected chi connectivity index (χ3v) is 8.33. The third-order valence-electron chi connectivity index (χ3n) is 6.08. The molecule has 4 rings (SSSR count). The molecule has 0 aliphatic rings. The summed E-state index contributed by atoms with van der Waals surface area (Å²) in [5.74, 6) is 0.741. The van der Waals surface area contributed by atoms with Gasteiger partial charge >= 0.3 is 6.03 Å².